The lowest BCUT2D eigenvalue weighted by molar-refractivity contribution is 0.193. The largest absolute Gasteiger partial charge is 0.495 e. The third kappa shape index (κ3) is 2.99. The maximum Gasteiger partial charge on any atom is 0.404 e. The normalized spacial score (nSPS) is 15.0. The van der Waals surface area contributed by atoms with Gasteiger partial charge in [-0.2, -0.15) is 4.31 Å². The lowest BCUT2D eigenvalue weighted by atomic mass is 10.3. The number of amides is 3. The van der Waals surface area contributed by atoms with E-state index in [-0.39, 0.29) is 34.4 Å². The fraction of sp³-hybridized carbons (Fsp3) is 0.133. The van der Waals surface area contributed by atoms with Crippen molar-refractivity contribution in [3.8, 4) is 5.75 Å². The van der Waals surface area contributed by atoms with Crippen LogP contribution in [0.1, 0.15) is 5.69 Å². The summed E-state index contributed by atoms with van der Waals surface area (Å²) in [5.41, 5.74) is 0.310. The number of nitrogens with one attached hydrogen (secondary N) is 2. The molecule has 0 saturated carbocycles. The highest BCUT2D eigenvalue weighted by atomic mass is 32.2. The number of urea groups is 1. The van der Waals surface area contributed by atoms with Gasteiger partial charge in [-0.15, -0.1) is 0 Å². The summed E-state index contributed by atoms with van der Waals surface area (Å²) in [7, 11) is -2.81. The van der Waals surface area contributed by atoms with Crippen LogP contribution in [0, 0.1) is 0 Å². The summed E-state index contributed by atoms with van der Waals surface area (Å²) in [5.74, 6) is 0.0673. The number of carbonyl (C=O) groups excluding carboxylic acids is 1. The highest BCUT2D eigenvalue weighted by molar-refractivity contribution is 7.94. The molecule has 2 heterocycles. The number of nitrogens with zero attached hydrogens (tertiary/aromatic N) is 2. The summed E-state index contributed by atoms with van der Waals surface area (Å²) in [6.45, 7) is -0.224. The Balaban J connectivity index is 2.07. The first-order valence-electron chi connectivity index (χ1n) is 7.30. The molecule has 0 unspecified atom stereocenters. The second kappa shape index (κ2) is 6.52. The van der Waals surface area contributed by atoms with Crippen LogP contribution in [-0.2, 0) is 16.6 Å². The number of hydrogen-bond donors (Lipinski definition) is 3. The Morgan fingerprint density at radius 1 is 1.31 bits per heavy atom. The van der Waals surface area contributed by atoms with Crippen molar-refractivity contribution in [2.24, 2.45) is 0 Å². The molecule has 11 heteroatoms. The van der Waals surface area contributed by atoms with Gasteiger partial charge >= 0.3 is 12.1 Å². The molecule has 0 spiro atoms. The molecule has 0 radical (unpaired) electrons. The lowest BCUT2D eigenvalue weighted by Gasteiger charge is -2.28. The Kier molecular flexibility index (Phi) is 4.38. The van der Waals surface area contributed by atoms with Gasteiger partial charge in [-0.05, 0) is 24.3 Å². The van der Waals surface area contributed by atoms with E-state index in [1.54, 1.807) is 6.07 Å². The highest BCUT2D eigenvalue weighted by Crippen LogP contribution is 2.33. The van der Waals surface area contributed by atoms with Crippen molar-refractivity contribution < 1.29 is 27.9 Å². The molecule has 2 aromatic rings. The number of pyridine rings is 1. The zero-order valence-corrected chi connectivity index (χ0v) is 14.3. The number of carboxylic acid groups (broad SMARTS) is 1. The SMILES string of the molecule is COc1ccc(N2C(=O)Nc3ccccc3S2(=O)=O)nc1CNC(=O)O. The van der Waals surface area contributed by atoms with E-state index < -0.39 is 22.1 Å². The van der Waals surface area contributed by atoms with Crippen LogP contribution in [0.2, 0.25) is 0 Å². The fourth-order valence-electron chi connectivity index (χ4n) is 2.46. The van der Waals surface area contributed by atoms with Crippen LogP contribution in [0.25, 0.3) is 0 Å². The smallest absolute Gasteiger partial charge is 0.404 e. The number of rotatable bonds is 4. The Bertz CT molecular complexity index is 991. The summed E-state index contributed by atoms with van der Waals surface area (Å²) in [6.07, 6.45) is -1.28. The molecule has 0 aliphatic carbocycles. The number of ether oxygens (including phenoxy) is 1. The van der Waals surface area contributed by atoms with Gasteiger partial charge in [0.05, 0.1) is 19.3 Å². The third-order valence-electron chi connectivity index (χ3n) is 3.58. The van der Waals surface area contributed by atoms with E-state index in [1.807, 2.05) is 0 Å². The molecule has 0 bridgehead atoms. The monoisotopic (exact) mass is 378 g/mol. The molecule has 10 nitrogen and oxygen atoms in total. The number of para-hydroxylation sites is 1. The van der Waals surface area contributed by atoms with Gasteiger partial charge in [-0.3, -0.25) is 0 Å². The number of fused-ring (bicyclic) bond motifs is 1. The van der Waals surface area contributed by atoms with Crippen molar-refractivity contribution in [2.45, 2.75) is 11.4 Å². The highest BCUT2D eigenvalue weighted by Gasteiger charge is 2.38. The molecule has 3 N–H and O–H groups in total. The maximum absolute atomic E-state index is 12.8. The van der Waals surface area contributed by atoms with E-state index in [0.29, 0.717) is 4.31 Å². The van der Waals surface area contributed by atoms with E-state index in [9.17, 15) is 18.0 Å². The van der Waals surface area contributed by atoms with Gasteiger partial charge in [0.15, 0.2) is 5.82 Å². The Morgan fingerprint density at radius 3 is 2.73 bits per heavy atom. The summed E-state index contributed by atoms with van der Waals surface area (Å²) in [5, 5.41) is 13.3. The molecular weight excluding hydrogens is 364 g/mol. The van der Waals surface area contributed by atoms with Crippen LogP contribution in [0.5, 0.6) is 5.75 Å². The topological polar surface area (TPSA) is 138 Å². The Hall–Kier alpha value is -3.34. The van der Waals surface area contributed by atoms with Gasteiger partial charge in [-0.25, -0.2) is 23.0 Å². The summed E-state index contributed by atoms with van der Waals surface area (Å²) in [6, 6.07) is 7.80. The molecule has 1 aromatic heterocycles. The number of sulfonamides is 1. The molecule has 26 heavy (non-hydrogen) atoms. The van der Waals surface area contributed by atoms with Crippen molar-refractivity contribution in [3.63, 3.8) is 0 Å². The summed E-state index contributed by atoms with van der Waals surface area (Å²) >= 11 is 0. The number of anilines is 2. The van der Waals surface area contributed by atoms with Crippen molar-refractivity contribution in [2.75, 3.05) is 16.7 Å². The molecule has 3 amide bonds. The van der Waals surface area contributed by atoms with E-state index >= 15 is 0 Å². The quantitative estimate of drug-likeness (QED) is 0.734. The average Bonchev–Trinajstić information content (AvgIpc) is 2.59. The van der Waals surface area contributed by atoms with Gasteiger partial charge < -0.3 is 20.5 Å². The van der Waals surface area contributed by atoms with Crippen LogP contribution in [0.4, 0.5) is 21.1 Å². The van der Waals surface area contributed by atoms with Crippen molar-refractivity contribution in [1.82, 2.24) is 10.3 Å². The number of aromatic nitrogens is 1. The minimum absolute atomic E-state index is 0.0672. The van der Waals surface area contributed by atoms with Crippen LogP contribution in [0.15, 0.2) is 41.3 Å². The number of benzene rings is 1. The molecule has 1 aliphatic rings. The standard InChI is InChI=1S/C15H14N4O6S/c1-25-11-6-7-13(17-10(11)8-16-15(21)22)19-14(20)18-9-4-2-3-5-12(9)26(19,23)24/h2-7,16H,8H2,1H3,(H,18,20)(H,21,22). The molecule has 1 aromatic carbocycles. The molecule has 1 aliphatic heterocycles. The Morgan fingerprint density at radius 2 is 2.04 bits per heavy atom. The molecule has 0 fully saturated rings. The first-order valence-corrected chi connectivity index (χ1v) is 8.74. The third-order valence-corrected chi connectivity index (χ3v) is 5.33. The Labute approximate surface area is 148 Å². The van der Waals surface area contributed by atoms with Crippen LogP contribution >= 0.6 is 0 Å². The van der Waals surface area contributed by atoms with Gasteiger partial charge in [-0.1, -0.05) is 12.1 Å². The predicted molar refractivity (Wildman–Crippen MR) is 90.8 cm³/mol. The van der Waals surface area contributed by atoms with Gasteiger partial charge in [0.25, 0.3) is 10.0 Å². The van der Waals surface area contributed by atoms with Gasteiger partial charge in [0.1, 0.15) is 16.3 Å². The molecule has 136 valence electrons. The number of carbonyl (C=O) groups is 2. The minimum atomic E-state index is -4.17. The van der Waals surface area contributed by atoms with E-state index in [0.717, 1.165) is 0 Å². The van der Waals surface area contributed by atoms with E-state index in [2.05, 4.69) is 15.6 Å². The fourth-order valence-corrected chi connectivity index (χ4v) is 3.91. The predicted octanol–water partition coefficient (Wildman–Crippen LogP) is 1.60. The number of methoxy groups -OCH3 is 1. The molecule has 3 rings (SSSR count). The maximum atomic E-state index is 12.8. The molecular formula is C15H14N4O6S. The second-order valence-corrected chi connectivity index (χ2v) is 6.93. The van der Waals surface area contributed by atoms with Crippen LogP contribution in [0.3, 0.4) is 0 Å². The van der Waals surface area contributed by atoms with Crippen molar-refractivity contribution in [3.05, 3.63) is 42.1 Å². The number of hydrogen-bond acceptors (Lipinski definition) is 6. The zero-order valence-electron chi connectivity index (χ0n) is 13.5. The first-order chi connectivity index (χ1) is 12.3. The summed E-state index contributed by atoms with van der Waals surface area (Å²) < 4.78 is 31.3. The molecule has 0 atom stereocenters. The molecule has 0 saturated heterocycles. The zero-order chi connectivity index (χ0) is 18.9. The van der Waals surface area contributed by atoms with Gasteiger partial charge in [0.2, 0.25) is 0 Å². The van der Waals surface area contributed by atoms with Crippen LogP contribution in [-0.4, -0.2) is 37.7 Å². The van der Waals surface area contributed by atoms with E-state index in [1.165, 1.54) is 37.4 Å². The minimum Gasteiger partial charge on any atom is -0.495 e. The van der Waals surface area contributed by atoms with Crippen LogP contribution < -0.4 is 19.7 Å². The van der Waals surface area contributed by atoms with E-state index in [4.69, 9.17) is 9.84 Å². The first kappa shape index (κ1) is 17.5. The van der Waals surface area contributed by atoms with Crippen molar-refractivity contribution >= 4 is 33.7 Å². The second-order valence-electron chi connectivity index (χ2n) is 5.17. The van der Waals surface area contributed by atoms with Crippen molar-refractivity contribution in [1.29, 1.82) is 0 Å². The van der Waals surface area contributed by atoms with Gasteiger partial charge in [0, 0.05) is 0 Å². The average molecular weight is 378 g/mol. The summed E-state index contributed by atoms with van der Waals surface area (Å²) in [4.78, 5) is 27.1. The lowest BCUT2D eigenvalue weighted by Crippen LogP contribution is -2.44.